The van der Waals surface area contributed by atoms with Gasteiger partial charge in [0.1, 0.15) is 11.5 Å². The summed E-state index contributed by atoms with van der Waals surface area (Å²) >= 11 is 0. The molecule has 0 atom stereocenters. The Morgan fingerprint density at radius 2 is 1.53 bits per heavy atom. The van der Waals surface area contributed by atoms with Crippen molar-refractivity contribution in [2.45, 2.75) is 6.92 Å². The van der Waals surface area contributed by atoms with E-state index < -0.39 is 5.97 Å². The van der Waals surface area contributed by atoms with Crippen molar-refractivity contribution in [3.05, 3.63) is 23.3 Å². The minimum atomic E-state index is -0.411. The van der Waals surface area contributed by atoms with Crippen molar-refractivity contribution in [1.82, 2.24) is 0 Å². The summed E-state index contributed by atoms with van der Waals surface area (Å²) in [5.74, 6) is 0.802. The number of methoxy groups -OCH3 is 3. The Kier molecular flexibility index (Phi) is 3.55. The van der Waals surface area contributed by atoms with E-state index in [4.69, 9.17) is 9.47 Å². The molecule has 1 aromatic rings. The number of ether oxygens (including phenoxy) is 3. The second kappa shape index (κ2) is 4.68. The largest absolute Gasteiger partial charge is 0.496 e. The molecule has 0 N–H and O–H groups in total. The molecule has 15 heavy (non-hydrogen) atoms. The fourth-order valence-electron chi connectivity index (χ4n) is 1.32. The van der Waals surface area contributed by atoms with Crippen molar-refractivity contribution in [2.24, 2.45) is 0 Å². The summed E-state index contributed by atoms with van der Waals surface area (Å²) in [6.07, 6.45) is 0. The molecule has 0 saturated heterocycles. The summed E-state index contributed by atoms with van der Waals surface area (Å²) in [7, 11) is 4.42. The molecular formula is C11H14O4. The predicted molar refractivity (Wildman–Crippen MR) is 55.6 cm³/mol. The van der Waals surface area contributed by atoms with E-state index >= 15 is 0 Å². The summed E-state index contributed by atoms with van der Waals surface area (Å²) in [4.78, 5) is 11.3. The topological polar surface area (TPSA) is 44.8 Å². The zero-order valence-electron chi connectivity index (χ0n) is 9.29. The third-order valence-electron chi connectivity index (χ3n) is 2.17. The Bertz CT molecular complexity index is 346. The number of rotatable bonds is 3. The van der Waals surface area contributed by atoms with Gasteiger partial charge in [0, 0.05) is 5.56 Å². The molecule has 1 rings (SSSR count). The predicted octanol–water partition coefficient (Wildman–Crippen LogP) is 1.80. The fraction of sp³-hybridized carbons (Fsp3) is 0.364. The molecule has 0 fully saturated rings. The van der Waals surface area contributed by atoms with E-state index in [1.54, 1.807) is 26.4 Å². The summed E-state index contributed by atoms with van der Waals surface area (Å²) < 4.78 is 14.9. The standard InChI is InChI=1S/C11H14O4/c1-7-9(13-2)5-8(11(12)15-4)6-10(7)14-3/h5-6H,1-4H3. The summed E-state index contributed by atoms with van der Waals surface area (Å²) in [6, 6.07) is 3.26. The van der Waals surface area contributed by atoms with Gasteiger partial charge in [0.15, 0.2) is 0 Å². The van der Waals surface area contributed by atoms with Gasteiger partial charge in [0.2, 0.25) is 0 Å². The van der Waals surface area contributed by atoms with Crippen molar-refractivity contribution < 1.29 is 19.0 Å². The van der Waals surface area contributed by atoms with Crippen LogP contribution < -0.4 is 9.47 Å². The maximum absolute atomic E-state index is 11.3. The second-order valence-electron chi connectivity index (χ2n) is 3.00. The van der Waals surface area contributed by atoms with Crippen LogP contribution in [-0.4, -0.2) is 27.3 Å². The van der Waals surface area contributed by atoms with Crippen LogP contribution in [-0.2, 0) is 4.74 Å². The van der Waals surface area contributed by atoms with Crippen LogP contribution in [0.4, 0.5) is 0 Å². The summed E-state index contributed by atoms with van der Waals surface area (Å²) in [5.41, 5.74) is 1.27. The van der Waals surface area contributed by atoms with E-state index in [9.17, 15) is 4.79 Å². The molecule has 4 heteroatoms. The van der Waals surface area contributed by atoms with Gasteiger partial charge in [-0.25, -0.2) is 4.79 Å². The number of benzene rings is 1. The Morgan fingerprint density at radius 1 is 1.07 bits per heavy atom. The van der Waals surface area contributed by atoms with Crippen LogP contribution in [0.3, 0.4) is 0 Å². The molecule has 0 unspecified atom stereocenters. The van der Waals surface area contributed by atoms with Gasteiger partial charge in [-0.05, 0) is 19.1 Å². The molecule has 1 aromatic carbocycles. The van der Waals surface area contributed by atoms with E-state index in [0.29, 0.717) is 17.1 Å². The van der Waals surface area contributed by atoms with Crippen LogP contribution in [0.15, 0.2) is 12.1 Å². The smallest absolute Gasteiger partial charge is 0.338 e. The van der Waals surface area contributed by atoms with Crippen LogP contribution in [0.25, 0.3) is 0 Å². The number of hydrogen-bond donors (Lipinski definition) is 0. The third-order valence-corrected chi connectivity index (χ3v) is 2.17. The molecule has 0 aliphatic rings. The third kappa shape index (κ3) is 2.21. The first kappa shape index (κ1) is 11.4. The minimum Gasteiger partial charge on any atom is -0.496 e. The fourth-order valence-corrected chi connectivity index (χ4v) is 1.32. The Morgan fingerprint density at radius 3 is 1.87 bits per heavy atom. The average molecular weight is 210 g/mol. The molecule has 0 spiro atoms. The van der Waals surface area contributed by atoms with E-state index in [0.717, 1.165) is 5.56 Å². The molecular weight excluding hydrogens is 196 g/mol. The van der Waals surface area contributed by atoms with E-state index in [1.807, 2.05) is 6.92 Å². The van der Waals surface area contributed by atoms with Crippen molar-refractivity contribution in [1.29, 1.82) is 0 Å². The highest BCUT2D eigenvalue weighted by Gasteiger charge is 2.13. The van der Waals surface area contributed by atoms with Crippen LogP contribution in [0.2, 0.25) is 0 Å². The van der Waals surface area contributed by atoms with E-state index in [2.05, 4.69) is 4.74 Å². The molecule has 0 amide bonds. The molecule has 0 saturated carbocycles. The van der Waals surface area contributed by atoms with Gasteiger partial charge in [0.05, 0.1) is 26.9 Å². The maximum Gasteiger partial charge on any atom is 0.338 e. The van der Waals surface area contributed by atoms with Gasteiger partial charge in [-0.2, -0.15) is 0 Å². The van der Waals surface area contributed by atoms with Crippen molar-refractivity contribution >= 4 is 5.97 Å². The lowest BCUT2D eigenvalue weighted by atomic mass is 10.1. The lowest BCUT2D eigenvalue weighted by Crippen LogP contribution is -2.03. The molecule has 0 heterocycles. The number of esters is 1. The van der Waals surface area contributed by atoms with E-state index in [1.165, 1.54) is 7.11 Å². The first-order chi connectivity index (χ1) is 7.13. The monoisotopic (exact) mass is 210 g/mol. The number of hydrogen-bond acceptors (Lipinski definition) is 4. The van der Waals surface area contributed by atoms with Gasteiger partial charge in [-0.1, -0.05) is 0 Å². The highest BCUT2D eigenvalue weighted by atomic mass is 16.5. The number of carbonyl (C=O) groups is 1. The quantitative estimate of drug-likeness (QED) is 0.713. The normalized spacial score (nSPS) is 9.60. The van der Waals surface area contributed by atoms with Gasteiger partial charge in [-0.3, -0.25) is 0 Å². The first-order valence-electron chi connectivity index (χ1n) is 4.45. The molecule has 0 radical (unpaired) electrons. The molecule has 4 nitrogen and oxygen atoms in total. The van der Waals surface area contributed by atoms with Gasteiger partial charge in [0.25, 0.3) is 0 Å². The highest BCUT2D eigenvalue weighted by Crippen LogP contribution is 2.29. The Hall–Kier alpha value is -1.71. The molecule has 0 bridgehead atoms. The zero-order valence-corrected chi connectivity index (χ0v) is 9.29. The molecule has 0 aromatic heterocycles. The molecule has 0 aliphatic heterocycles. The van der Waals surface area contributed by atoms with Crippen molar-refractivity contribution in [2.75, 3.05) is 21.3 Å². The van der Waals surface area contributed by atoms with Crippen LogP contribution in [0, 0.1) is 6.92 Å². The minimum absolute atomic E-state index is 0.411. The Balaban J connectivity index is 3.26. The second-order valence-corrected chi connectivity index (χ2v) is 3.00. The molecule has 82 valence electrons. The van der Waals surface area contributed by atoms with Crippen LogP contribution >= 0.6 is 0 Å². The highest BCUT2D eigenvalue weighted by molar-refractivity contribution is 5.90. The number of carbonyl (C=O) groups excluding carboxylic acids is 1. The molecule has 0 aliphatic carbocycles. The summed E-state index contributed by atoms with van der Waals surface area (Å²) in [5, 5.41) is 0. The van der Waals surface area contributed by atoms with Crippen LogP contribution in [0.1, 0.15) is 15.9 Å². The van der Waals surface area contributed by atoms with Crippen molar-refractivity contribution in [3.63, 3.8) is 0 Å². The summed E-state index contributed by atoms with van der Waals surface area (Å²) in [6.45, 7) is 1.86. The zero-order chi connectivity index (χ0) is 11.4. The van der Waals surface area contributed by atoms with Crippen LogP contribution in [0.5, 0.6) is 11.5 Å². The average Bonchev–Trinajstić information content (AvgIpc) is 2.28. The van der Waals surface area contributed by atoms with E-state index in [-0.39, 0.29) is 0 Å². The lowest BCUT2D eigenvalue weighted by Gasteiger charge is -2.11. The Labute approximate surface area is 88.8 Å². The SMILES string of the molecule is COC(=O)c1cc(OC)c(C)c(OC)c1. The van der Waals surface area contributed by atoms with Gasteiger partial charge >= 0.3 is 5.97 Å². The van der Waals surface area contributed by atoms with Crippen molar-refractivity contribution in [3.8, 4) is 11.5 Å². The maximum atomic E-state index is 11.3. The van der Waals surface area contributed by atoms with Gasteiger partial charge < -0.3 is 14.2 Å². The van der Waals surface area contributed by atoms with Gasteiger partial charge in [-0.15, -0.1) is 0 Å². The first-order valence-corrected chi connectivity index (χ1v) is 4.45. The lowest BCUT2D eigenvalue weighted by molar-refractivity contribution is 0.0600.